The lowest BCUT2D eigenvalue weighted by Crippen LogP contribution is -2.29. The van der Waals surface area contributed by atoms with Crippen LogP contribution in [0, 0.1) is 5.82 Å². The Hall–Kier alpha value is -2.80. The number of para-hydroxylation sites is 1. The summed E-state index contributed by atoms with van der Waals surface area (Å²) in [6.07, 6.45) is 1.64. The number of amides is 1. The van der Waals surface area contributed by atoms with Crippen LogP contribution in [0.3, 0.4) is 0 Å². The molecule has 7 heteroatoms. The molecule has 5 nitrogen and oxygen atoms in total. The summed E-state index contributed by atoms with van der Waals surface area (Å²) in [7, 11) is 0. The number of nitrogens with one attached hydrogen (secondary N) is 1. The van der Waals surface area contributed by atoms with Crippen LogP contribution in [-0.4, -0.2) is 23.0 Å². The maximum absolute atomic E-state index is 12.9. The van der Waals surface area contributed by atoms with Crippen molar-refractivity contribution in [2.24, 2.45) is 0 Å². The zero-order valence-corrected chi connectivity index (χ0v) is 16.3. The van der Waals surface area contributed by atoms with Gasteiger partial charge in [0.2, 0.25) is 0 Å². The van der Waals surface area contributed by atoms with Gasteiger partial charge in [0.25, 0.3) is 5.91 Å². The molecule has 3 rings (SSSR count). The van der Waals surface area contributed by atoms with Crippen LogP contribution in [0.4, 0.5) is 10.1 Å². The summed E-state index contributed by atoms with van der Waals surface area (Å²) in [5, 5.41) is 3.64. The van der Waals surface area contributed by atoms with Crippen molar-refractivity contribution in [2.45, 2.75) is 38.7 Å². The van der Waals surface area contributed by atoms with E-state index in [-0.39, 0.29) is 12.2 Å². The van der Waals surface area contributed by atoms with Crippen molar-refractivity contribution in [1.82, 2.24) is 4.98 Å². The van der Waals surface area contributed by atoms with Gasteiger partial charge in [-0.15, -0.1) is 11.3 Å². The molecule has 1 amide bonds. The Bertz CT molecular complexity index is 923. The van der Waals surface area contributed by atoms with E-state index in [9.17, 15) is 14.0 Å². The topological polar surface area (TPSA) is 68.3 Å². The minimum Gasteiger partial charge on any atom is -0.453 e. The summed E-state index contributed by atoms with van der Waals surface area (Å²) in [6.45, 7) is 1.51. The first kappa shape index (κ1) is 19.9. The number of carbonyl (C=O) groups is 2. The van der Waals surface area contributed by atoms with E-state index < -0.39 is 18.0 Å². The highest BCUT2D eigenvalue weighted by atomic mass is 32.1. The quantitative estimate of drug-likeness (QED) is 0.439. The van der Waals surface area contributed by atoms with Gasteiger partial charge in [-0.1, -0.05) is 12.1 Å². The van der Waals surface area contributed by atoms with Crippen LogP contribution < -0.4 is 5.32 Å². The molecule has 0 saturated carbocycles. The van der Waals surface area contributed by atoms with Gasteiger partial charge < -0.3 is 10.1 Å². The Morgan fingerprint density at radius 2 is 1.89 bits per heavy atom. The average molecular weight is 400 g/mol. The first-order chi connectivity index (χ1) is 13.5. The number of anilines is 1. The summed E-state index contributed by atoms with van der Waals surface area (Å²) in [6, 6.07) is 13.4. The highest BCUT2D eigenvalue weighted by Crippen LogP contribution is 2.23. The lowest BCUT2D eigenvalue weighted by Gasteiger charge is -2.13. The van der Waals surface area contributed by atoms with Crippen molar-refractivity contribution < 1.29 is 18.7 Å². The van der Waals surface area contributed by atoms with E-state index >= 15 is 0 Å². The molecule has 0 unspecified atom stereocenters. The van der Waals surface area contributed by atoms with Gasteiger partial charge in [0, 0.05) is 12.1 Å². The van der Waals surface area contributed by atoms with Crippen LogP contribution in [-0.2, 0) is 20.7 Å². The van der Waals surface area contributed by atoms with Crippen LogP contribution in [0.15, 0.2) is 48.5 Å². The fourth-order valence-corrected chi connectivity index (χ4v) is 3.67. The Morgan fingerprint density at radius 3 is 2.64 bits per heavy atom. The molecule has 1 atom stereocenters. The van der Waals surface area contributed by atoms with E-state index in [1.54, 1.807) is 11.3 Å². The average Bonchev–Trinajstić information content (AvgIpc) is 3.10. The van der Waals surface area contributed by atoms with E-state index in [4.69, 9.17) is 4.74 Å². The van der Waals surface area contributed by atoms with Gasteiger partial charge in [0.05, 0.1) is 15.2 Å². The lowest BCUT2D eigenvalue weighted by atomic mass is 10.2. The molecule has 0 aliphatic heterocycles. The predicted octanol–water partition coefficient (Wildman–Crippen LogP) is 4.72. The Kier molecular flexibility index (Phi) is 6.71. The minimum atomic E-state index is -0.915. The maximum Gasteiger partial charge on any atom is 0.306 e. The van der Waals surface area contributed by atoms with Crippen molar-refractivity contribution in [3.63, 3.8) is 0 Å². The van der Waals surface area contributed by atoms with Gasteiger partial charge >= 0.3 is 5.97 Å². The number of hydrogen-bond acceptors (Lipinski definition) is 5. The summed E-state index contributed by atoms with van der Waals surface area (Å²) >= 11 is 1.67. The molecule has 0 aliphatic carbocycles. The monoisotopic (exact) mass is 400 g/mol. The molecule has 0 radical (unpaired) electrons. The van der Waals surface area contributed by atoms with E-state index in [0.717, 1.165) is 28.1 Å². The fourth-order valence-electron chi connectivity index (χ4n) is 2.66. The van der Waals surface area contributed by atoms with Gasteiger partial charge in [-0.25, -0.2) is 9.37 Å². The third kappa shape index (κ3) is 5.60. The van der Waals surface area contributed by atoms with Crippen LogP contribution in [0.1, 0.15) is 31.2 Å². The number of halogens is 1. The molecule has 0 saturated heterocycles. The summed E-state index contributed by atoms with van der Waals surface area (Å²) < 4.78 is 19.2. The molecule has 0 aliphatic rings. The van der Waals surface area contributed by atoms with Crippen molar-refractivity contribution in [3.8, 4) is 0 Å². The minimum absolute atomic E-state index is 0.249. The number of benzene rings is 2. The highest BCUT2D eigenvalue weighted by molar-refractivity contribution is 7.18. The SMILES string of the molecule is C[C@@H](OC(=O)CCCCc1nc2ccccc2s1)C(=O)Nc1ccc(F)cc1. The molecule has 2 aromatic carbocycles. The lowest BCUT2D eigenvalue weighted by molar-refractivity contribution is -0.153. The molecule has 3 aromatic rings. The third-order valence-corrected chi connectivity index (χ3v) is 5.25. The largest absolute Gasteiger partial charge is 0.453 e. The van der Waals surface area contributed by atoms with Gasteiger partial charge in [-0.05, 0) is 62.6 Å². The zero-order chi connectivity index (χ0) is 19.9. The number of aryl methyl sites for hydroxylation is 1. The number of thiazole rings is 1. The van der Waals surface area contributed by atoms with Crippen molar-refractivity contribution >= 4 is 39.1 Å². The van der Waals surface area contributed by atoms with E-state index in [1.165, 1.54) is 31.2 Å². The molecule has 1 heterocycles. The number of nitrogens with zero attached hydrogens (tertiary/aromatic N) is 1. The van der Waals surface area contributed by atoms with Gasteiger partial charge in [-0.2, -0.15) is 0 Å². The van der Waals surface area contributed by atoms with Crippen LogP contribution in [0.5, 0.6) is 0 Å². The fraction of sp³-hybridized carbons (Fsp3) is 0.286. The molecule has 1 N–H and O–H groups in total. The molecular formula is C21H21FN2O3S. The third-order valence-electron chi connectivity index (χ3n) is 4.15. The molecule has 0 spiro atoms. The smallest absolute Gasteiger partial charge is 0.306 e. The van der Waals surface area contributed by atoms with E-state index in [2.05, 4.69) is 10.3 Å². The first-order valence-electron chi connectivity index (χ1n) is 9.11. The number of fused-ring (bicyclic) bond motifs is 1. The Morgan fingerprint density at radius 1 is 1.14 bits per heavy atom. The maximum atomic E-state index is 12.9. The molecule has 0 bridgehead atoms. The van der Waals surface area contributed by atoms with Crippen LogP contribution >= 0.6 is 11.3 Å². The van der Waals surface area contributed by atoms with E-state index in [1.807, 2.05) is 24.3 Å². The second-order valence-corrected chi connectivity index (χ2v) is 7.53. The molecule has 1 aromatic heterocycles. The molecular weight excluding hydrogens is 379 g/mol. The second kappa shape index (κ2) is 9.41. The molecule has 0 fully saturated rings. The number of esters is 1. The Labute approximate surface area is 166 Å². The summed E-state index contributed by atoms with van der Waals surface area (Å²) in [5.41, 5.74) is 1.45. The first-order valence-corrected chi connectivity index (χ1v) is 9.93. The number of unbranched alkanes of at least 4 members (excludes halogenated alkanes) is 1. The Balaban J connectivity index is 1.37. The highest BCUT2D eigenvalue weighted by Gasteiger charge is 2.17. The normalized spacial score (nSPS) is 11.9. The number of hydrogen-bond donors (Lipinski definition) is 1. The number of aromatic nitrogens is 1. The summed E-state index contributed by atoms with van der Waals surface area (Å²) in [4.78, 5) is 28.6. The summed E-state index contributed by atoms with van der Waals surface area (Å²) in [5.74, 6) is -1.25. The van der Waals surface area contributed by atoms with Gasteiger partial charge in [0.1, 0.15) is 5.82 Å². The van der Waals surface area contributed by atoms with Crippen molar-refractivity contribution in [2.75, 3.05) is 5.32 Å². The number of ether oxygens (including phenoxy) is 1. The van der Waals surface area contributed by atoms with Crippen molar-refractivity contribution in [1.29, 1.82) is 0 Å². The predicted molar refractivity (Wildman–Crippen MR) is 108 cm³/mol. The van der Waals surface area contributed by atoms with Gasteiger partial charge in [0.15, 0.2) is 6.10 Å². The number of rotatable bonds is 8. The number of carbonyl (C=O) groups excluding carboxylic acids is 2. The molecule has 28 heavy (non-hydrogen) atoms. The van der Waals surface area contributed by atoms with Crippen LogP contribution in [0.25, 0.3) is 10.2 Å². The second-order valence-electron chi connectivity index (χ2n) is 6.41. The molecule has 146 valence electrons. The van der Waals surface area contributed by atoms with E-state index in [0.29, 0.717) is 12.1 Å². The standard InChI is InChI=1S/C21H21FN2O3S/c1-14(21(26)23-16-12-10-15(22)11-13-16)27-20(25)9-5-4-8-19-24-17-6-2-3-7-18(17)28-19/h2-3,6-7,10-14H,4-5,8-9H2,1H3,(H,23,26)/t14-/m1/s1. The zero-order valence-electron chi connectivity index (χ0n) is 15.5. The van der Waals surface area contributed by atoms with Gasteiger partial charge in [-0.3, -0.25) is 9.59 Å². The van der Waals surface area contributed by atoms with Crippen molar-refractivity contribution in [3.05, 3.63) is 59.4 Å². The van der Waals surface area contributed by atoms with Crippen LogP contribution in [0.2, 0.25) is 0 Å².